The lowest BCUT2D eigenvalue weighted by atomic mass is 10.2. The Balaban J connectivity index is 3.17. The number of aromatic hydroxyl groups is 1. The summed E-state index contributed by atoms with van der Waals surface area (Å²) >= 11 is 11.4. The van der Waals surface area contributed by atoms with Gasteiger partial charge in [0, 0.05) is 5.19 Å². The van der Waals surface area contributed by atoms with Crippen molar-refractivity contribution < 1.29 is 5.11 Å². The maximum atomic E-state index is 9.42. The van der Waals surface area contributed by atoms with Crippen LogP contribution in [0.25, 0.3) is 0 Å². The van der Waals surface area contributed by atoms with Crippen LogP contribution in [0.2, 0.25) is 0 Å². The zero-order valence-electron chi connectivity index (χ0n) is 5.94. The first-order valence-electron chi connectivity index (χ1n) is 3.10. The van der Waals surface area contributed by atoms with E-state index in [9.17, 15) is 5.11 Å². The molecule has 0 saturated carbocycles. The second-order valence-corrected chi connectivity index (χ2v) is 6.14. The van der Waals surface area contributed by atoms with E-state index in [0.29, 0.717) is 5.19 Å². The summed E-state index contributed by atoms with van der Waals surface area (Å²) < 4.78 is 0. The first-order valence-corrected chi connectivity index (χ1v) is 6.62. The number of hydrogen-bond donors (Lipinski definition) is 1. The molecule has 0 amide bonds. The van der Waals surface area contributed by atoms with Crippen LogP contribution in [-0.2, 0) is 0 Å². The summed E-state index contributed by atoms with van der Waals surface area (Å²) in [6, 6.07) is 5.40. The summed E-state index contributed by atoms with van der Waals surface area (Å²) in [7, 11) is -1.57. The normalized spacial score (nSPS) is 10.5. The van der Waals surface area contributed by atoms with Gasteiger partial charge in [-0.3, -0.25) is 0 Å². The highest BCUT2D eigenvalue weighted by atomic mass is 35.7. The number of halogens is 2. The van der Waals surface area contributed by atoms with Crippen molar-refractivity contribution in [2.75, 3.05) is 0 Å². The van der Waals surface area contributed by atoms with Gasteiger partial charge in [0.2, 0.25) is 0 Å². The highest BCUT2D eigenvalue weighted by Crippen LogP contribution is 2.14. The number of hydrogen-bond acceptors (Lipinski definition) is 1. The molecule has 0 unspecified atom stereocenters. The smallest absolute Gasteiger partial charge is 0.310 e. The summed E-state index contributed by atoms with van der Waals surface area (Å²) in [6.07, 6.45) is 0. The number of phenolic OH excluding ortho intramolecular Hbond substituents is 1. The largest absolute Gasteiger partial charge is 0.508 e. The lowest BCUT2D eigenvalue weighted by molar-refractivity contribution is 0.475. The molecule has 1 aromatic rings. The van der Waals surface area contributed by atoms with Crippen LogP contribution < -0.4 is 5.19 Å². The second kappa shape index (κ2) is 3.48. The van der Waals surface area contributed by atoms with Gasteiger partial charge in [-0.2, -0.15) is 0 Å². The van der Waals surface area contributed by atoms with E-state index in [1.165, 1.54) is 0 Å². The minimum atomic E-state index is -1.57. The van der Waals surface area contributed by atoms with Gasteiger partial charge >= 0.3 is 7.42 Å². The van der Waals surface area contributed by atoms with Crippen molar-refractivity contribution in [2.45, 2.75) is 6.92 Å². The van der Waals surface area contributed by atoms with Crippen LogP contribution in [0.1, 0.15) is 5.56 Å². The average molecular weight is 206 g/mol. The van der Waals surface area contributed by atoms with E-state index in [4.69, 9.17) is 22.2 Å². The molecule has 0 aliphatic heterocycles. The predicted molar refractivity (Wildman–Crippen MR) is 49.9 cm³/mol. The van der Waals surface area contributed by atoms with Gasteiger partial charge in [-0.25, -0.2) is 0 Å². The highest BCUT2D eigenvalue weighted by molar-refractivity contribution is 7.39. The Bertz CT molecular complexity index is 263. The van der Waals surface area contributed by atoms with E-state index >= 15 is 0 Å². The summed E-state index contributed by atoms with van der Waals surface area (Å²) in [6.45, 7) is 1.82. The van der Waals surface area contributed by atoms with Crippen molar-refractivity contribution in [1.29, 1.82) is 0 Å². The molecule has 1 aromatic carbocycles. The predicted octanol–water partition coefficient (Wildman–Crippen LogP) is 1.87. The molecule has 0 spiro atoms. The second-order valence-electron chi connectivity index (χ2n) is 2.23. The van der Waals surface area contributed by atoms with E-state index in [1.807, 2.05) is 19.1 Å². The summed E-state index contributed by atoms with van der Waals surface area (Å²) in [4.78, 5) is 0. The standard InChI is InChI=1S/C7H7Cl2OSi/c1-5-3-2-4-6(7(5)10)11(8)9/h2-4,10H,1H3. The fraction of sp³-hybridized carbons (Fsp3) is 0.143. The Morgan fingerprint density at radius 1 is 1.36 bits per heavy atom. The molecule has 0 aromatic heterocycles. The van der Waals surface area contributed by atoms with Crippen molar-refractivity contribution in [2.24, 2.45) is 0 Å². The minimum Gasteiger partial charge on any atom is -0.508 e. The summed E-state index contributed by atoms with van der Waals surface area (Å²) in [5.74, 6) is 0.228. The zero-order valence-corrected chi connectivity index (χ0v) is 8.45. The van der Waals surface area contributed by atoms with Crippen LogP contribution >= 0.6 is 22.2 Å². The van der Waals surface area contributed by atoms with Crippen LogP contribution in [-0.4, -0.2) is 12.5 Å². The molecular formula is C7H7Cl2OSi. The van der Waals surface area contributed by atoms with Gasteiger partial charge in [-0.05, 0) is 12.5 Å². The Morgan fingerprint density at radius 2 is 2.00 bits per heavy atom. The van der Waals surface area contributed by atoms with Crippen LogP contribution in [0.5, 0.6) is 5.75 Å². The molecule has 0 aliphatic carbocycles. The molecule has 11 heavy (non-hydrogen) atoms. The molecule has 1 nitrogen and oxygen atoms in total. The zero-order chi connectivity index (χ0) is 8.43. The Labute approximate surface area is 76.6 Å². The molecule has 1 N–H and O–H groups in total. The Hall–Kier alpha value is -0.183. The number of rotatable bonds is 1. The van der Waals surface area contributed by atoms with Crippen LogP contribution in [0, 0.1) is 6.92 Å². The van der Waals surface area contributed by atoms with E-state index in [1.54, 1.807) is 6.07 Å². The highest BCUT2D eigenvalue weighted by Gasteiger charge is 2.13. The lowest BCUT2D eigenvalue weighted by Crippen LogP contribution is -2.18. The topological polar surface area (TPSA) is 20.2 Å². The van der Waals surface area contributed by atoms with E-state index in [2.05, 4.69) is 0 Å². The van der Waals surface area contributed by atoms with Gasteiger partial charge in [0.1, 0.15) is 5.75 Å². The monoisotopic (exact) mass is 205 g/mol. The molecule has 1 radical (unpaired) electrons. The fourth-order valence-electron chi connectivity index (χ4n) is 0.811. The van der Waals surface area contributed by atoms with Gasteiger partial charge in [0.05, 0.1) is 0 Å². The minimum absolute atomic E-state index is 0.228. The van der Waals surface area contributed by atoms with E-state index in [0.717, 1.165) is 5.56 Å². The maximum absolute atomic E-state index is 9.42. The number of phenols is 1. The molecule has 1 rings (SSSR count). The quantitative estimate of drug-likeness (QED) is 0.549. The van der Waals surface area contributed by atoms with Gasteiger partial charge in [0.15, 0.2) is 0 Å². The third-order valence-corrected chi connectivity index (χ3v) is 3.47. The molecule has 0 aliphatic rings. The Kier molecular flexibility index (Phi) is 2.82. The number of benzene rings is 1. The average Bonchev–Trinajstić information content (AvgIpc) is 1.94. The third kappa shape index (κ3) is 1.89. The van der Waals surface area contributed by atoms with Crippen molar-refractivity contribution >= 4 is 34.8 Å². The molecule has 0 atom stereocenters. The van der Waals surface area contributed by atoms with Crippen LogP contribution in [0.15, 0.2) is 18.2 Å². The van der Waals surface area contributed by atoms with E-state index in [-0.39, 0.29) is 5.75 Å². The third-order valence-electron chi connectivity index (χ3n) is 1.44. The summed E-state index contributed by atoms with van der Waals surface area (Å²) in [5, 5.41) is 10.1. The van der Waals surface area contributed by atoms with Crippen LogP contribution in [0.3, 0.4) is 0 Å². The van der Waals surface area contributed by atoms with Gasteiger partial charge < -0.3 is 5.11 Å². The van der Waals surface area contributed by atoms with Crippen molar-refractivity contribution in [3.8, 4) is 5.75 Å². The Morgan fingerprint density at radius 3 is 2.45 bits per heavy atom. The van der Waals surface area contributed by atoms with Crippen molar-refractivity contribution in [3.05, 3.63) is 23.8 Å². The summed E-state index contributed by atoms with van der Waals surface area (Å²) in [5.41, 5.74) is 0.811. The maximum Gasteiger partial charge on any atom is 0.310 e. The van der Waals surface area contributed by atoms with Gasteiger partial charge in [-0.15, -0.1) is 22.2 Å². The first kappa shape index (κ1) is 8.91. The van der Waals surface area contributed by atoms with Crippen LogP contribution in [0.4, 0.5) is 0 Å². The van der Waals surface area contributed by atoms with Crippen molar-refractivity contribution in [1.82, 2.24) is 0 Å². The van der Waals surface area contributed by atoms with E-state index < -0.39 is 7.42 Å². The molecule has 0 bridgehead atoms. The molecule has 0 heterocycles. The molecule has 0 saturated heterocycles. The molecular weight excluding hydrogens is 199 g/mol. The lowest BCUT2D eigenvalue weighted by Gasteiger charge is -2.04. The molecule has 4 heteroatoms. The first-order chi connectivity index (χ1) is 5.13. The van der Waals surface area contributed by atoms with Crippen molar-refractivity contribution in [3.63, 3.8) is 0 Å². The molecule has 59 valence electrons. The SMILES string of the molecule is Cc1cccc([Si](Cl)Cl)c1O. The number of para-hydroxylation sites is 1. The van der Waals surface area contributed by atoms with Gasteiger partial charge in [0.25, 0.3) is 0 Å². The fourth-order valence-corrected chi connectivity index (χ4v) is 2.32. The van der Waals surface area contributed by atoms with Gasteiger partial charge in [-0.1, -0.05) is 18.2 Å². The molecule has 0 fully saturated rings. The number of aryl methyl sites for hydroxylation is 1.